The first kappa shape index (κ1) is 56.4. The Kier molecular flexibility index (Phi) is 12.8. The third kappa shape index (κ3) is 7.57. The van der Waals surface area contributed by atoms with Crippen LogP contribution in [0.25, 0.3) is 0 Å². The van der Waals surface area contributed by atoms with Gasteiger partial charge in [0.25, 0.3) is 0 Å². The topological polar surface area (TPSA) is 146 Å². The summed E-state index contributed by atoms with van der Waals surface area (Å²) in [6, 6.07) is 26.7. The van der Waals surface area contributed by atoms with Crippen LogP contribution in [-0.2, 0) is 44.9 Å². The van der Waals surface area contributed by atoms with Gasteiger partial charge in [0.1, 0.15) is 18.0 Å². The molecule has 9 nitrogen and oxygen atoms in total. The molecule has 16 aliphatic rings. The van der Waals surface area contributed by atoms with E-state index in [1.54, 1.807) is 6.08 Å². The number of aliphatic hydroxyl groups is 4. The molecule has 25 atom stereocenters. The summed E-state index contributed by atoms with van der Waals surface area (Å²) in [4.78, 5) is 30.5. The lowest BCUT2D eigenvalue weighted by atomic mass is 9.32. The van der Waals surface area contributed by atoms with Gasteiger partial charge in [0.05, 0.1) is 35.4 Å². The van der Waals surface area contributed by atoms with Gasteiger partial charge in [0, 0.05) is 51.7 Å². The fourth-order valence-corrected chi connectivity index (χ4v) is 27.6. The molecule has 88 heavy (non-hydrogen) atoms. The molecule has 3 heterocycles. The number of carbonyl (C=O) groups is 2. The highest BCUT2D eigenvalue weighted by Crippen LogP contribution is 2.82. The Morgan fingerprint density at radius 1 is 0.750 bits per heavy atom. The van der Waals surface area contributed by atoms with Crippen LogP contribution in [-0.4, -0.2) is 80.9 Å². The summed E-state index contributed by atoms with van der Waals surface area (Å²) in [5, 5.41) is 61.4. The molecule has 9 heteroatoms. The fraction of sp³-hybridized carbons (Fsp3) is 0.671. The summed E-state index contributed by atoms with van der Waals surface area (Å²) >= 11 is 0. The predicted molar refractivity (Wildman–Crippen MR) is 336 cm³/mol. The maximum absolute atomic E-state index is 16.2. The van der Waals surface area contributed by atoms with E-state index in [-0.39, 0.29) is 78.7 Å². The molecule has 3 spiro atoms. The van der Waals surface area contributed by atoms with Crippen molar-refractivity contribution in [2.45, 2.75) is 214 Å². The largest absolute Gasteiger partial charge is 0.454 e. The quantitative estimate of drug-likeness (QED) is 0.0746. The number of ether oxygens (including phenoxy) is 2. The Labute approximate surface area is 522 Å². The molecular formula is C79H95NO8. The van der Waals surface area contributed by atoms with Gasteiger partial charge in [-0.3, -0.25) is 0 Å². The number of carbonyl (C=O) groups excluding carboxylic acids is 2. The lowest BCUT2D eigenvalue weighted by molar-refractivity contribution is -0.371. The monoisotopic (exact) mass is 1190 g/mol. The van der Waals surface area contributed by atoms with Gasteiger partial charge < -0.3 is 40.0 Å². The minimum atomic E-state index is -1.75. The minimum absolute atomic E-state index is 0.0162. The molecule has 10 saturated carbocycles. The molecule has 3 aromatic rings. The maximum Gasteiger partial charge on any atom is 0.331 e. The van der Waals surface area contributed by atoms with Crippen molar-refractivity contribution >= 4 is 12.3 Å². The zero-order chi connectivity index (χ0) is 59.3. The number of benzene rings is 3. The average Bonchev–Trinajstić information content (AvgIpc) is 1.24. The van der Waals surface area contributed by atoms with Crippen molar-refractivity contribution in [1.29, 1.82) is 0 Å². The van der Waals surface area contributed by atoms with E-state index in [1.165, 1.54) is 42.2 Å². The van der Waals surface area contributed by atoms with Gasteiger partial charge in [-0.05, 0) is 265 Å². The second-order valence-electron chi connectivity index (χ2n) is 33.2. The number of nitrogens with one attached hydrogen (secondary N) is 1. The first-order chi connectivity index (χ1) is 42.8. The van der Waals surface area contributed by atoms with Gasteiger partial charge >= 0.3 is 5.97 Å². The summed E-state index contributed by atoms with van der Waals surface area (Å²) in [5.41, 5.74) is -0.0553. The second kappa shape index (κ2) is 20.1. The van der Waals surface area contributed by atoms with Gasteiger partial charge in [0.15, 0.2) is 0 Å². The van der Waals surface area contributed by atoms with E-state index in [0.29, 0.717) is 80.5 Å². The average molecular weight is 1190 g/mol. The Balaban J connectivity index is 0.842. The first-order valence-electron chi connectivity index (χ1n) is 35.7. The zero-order valence-corrected chi connectivity index (χ0v) is 52.0. The van der Waals surface area contributed by atoms with Gasteiger partial charge in [-0.1, -0.05) is 104 Å². The Bertz CT molecular complexity index is 3450. The Morgan fingerprint density at radius 3 is 2.42 bits per heavy atom. The van der Waals surface area contributed by atoms with E-state index in [4.69, 9.17) is 9.47 Å². The molecule has 0 unspecified atom stereocenters. The molecule has 5 N–H and O–H groups in total. The molecular weight excluding hydrogens is 1090 g/mol. The van der Waals surface area contributed by atoms with Crippen molar-refractivity contribution < 1.29 is 39.5 Å². The van der Waals surface area contributed by atoms with Crippen molar-refractivity contribution in [3.8, 4) is 11.8 Å². The zero-order valence-electron chi connectivity index (χ0n) is 52.0. The van der Waals surface area contributed by atoms with Gasteiger partial charge in [-0.2, -0.15) is 0 Å². The molecule has 3 aromatic carbocycles. The molecule has 0 aromatic heterocycles. The number of hydrogen-bond donors (Lipinski definition) is 5. The summed E-state index contributed by atoms with van der Waals surface area (Å²) in [6.07, 6.45) is 28.6. The third-order valence-corrected chi connectivity index (χ3v) is 30.4. The van der Waals surface area contributed by atoms with Crippen LogP contribution in [0, 0.1) is 116 Å². The molecule has 0 radical (unpaired) electrons. The summed E-state index contributed by atoms with van der Waals surface area (Å²) in [6.45, 7) is -0.0963. The van der Waals surface area contributed by atoms with Crippen LogP contribution in [0.2, 0.25) is 0 Å². The second-order valence-corrected chi connectivity index (χ2v) is 33.2. The number of allylic oxidation sites excluding steroid dienone is 2. The van der Waals surface area contributed by atoms with Crippen molar-refractivity contribution in [2.24, 2.45) is 105 Å². The predicted octanol–water partition coefficient (Wildman–Crippen LogP) is 12.1. The van der Waals surface area contributed by atoms with E-state index in [1.807, 2.05) is 19.2 Å². The van der Waals surface area contributed by atoms with E-state index < -0.39 is 56.4 Å². The number of likely N-dealkylation sites (N-methyl/N-ethyl adjacent to an activating group) is 1. The molecule has 13 aliphatic carbocycles. The van der Waals surface area contributed by atoms with E-state index in [9.17, 15) is 9.90 Å². The summed E-state index contributed by atoms with van der Waals surface area (Å²) in [7, 11) is 2.00. The smallest absolute Gasteiger partial charge is 0.331 e. The number of esters is 1. The van der Waals surface area contributed by atoms with Gasteiger partial charge in [-0.15, -0.1) is 0 Å². The van der Waals surface area contributed by atoms with Crippen molar-refractivity contribution in [1.82, 2.24) is 5.32 Å². The lowest BCUT2D eigenvalue weighted by Crippen LogP contribution is -2.83. The summed E-state index contributed by atoms with van der Waals surface area (Å²) in [5.74, 6) is 9.10. The maximum atomic E-state index is 16.2. The third-order valence-electron chi connectivity index (χ3n) is 30.4. The van der Waals surface area contributed by atoms with Gasteiger partial charge in [0.2, 0.25) is 0 Å². The molecule has 14 bridgehead atoms. The van der Waals surface area contributed by atoms with Crippen LogP contribution in [0.3, 0.4) is 0 Å². The molecule has 19 rings (SSSR count). The van der Waals surface area contributed by atoms with Crippen LogP contribution in [0.1, 0.15) is 181 Å². The van der Waals surface area contributed by atoms with Gasteiger partial charge in [-0.25, -0.2) is 4.79 Å². The lowest BCUT2D eigenvalue weighted by Gasteiger charge is -2.75. The number of rotatable bonds is 4. The Hall–Kier alpha value is -4.40. The fourth-order valence-electron chi connectivity index (χ4n) is 27.6. The van der Waals surface area contributed by atoms with Crippen molar-refractivity contribution in [2.75, 3.05) is 7.05 Å². The number of aliphatic hydroxyl groups excluding tert-OH is 1. The highest BCUT2D eigenvalue weighted by Gasteiger charge is 2.86. The standard InChI is InChI=1S/C79H95NO8/c1-80-67-38-61-50(14-8-16-54(61)42-81)22-26-73(24-5-6-25-73)43-74-27-23-68-75(45-82)44-76-57(33-55-32-51(20-21-65(55)76)49-12-3-2-4-13-49)36-59-31-47-11-7-10-46(28-47)29-48-18-19-53(30-48)60-17-9-15-52-35-66(72(76)87-59)79(75,86)58(37-62(52)60)41-77(68,84)78(74,85)40-56-34-63(67)71-64(70(56)74)39-69(83)88-71/h2-4,7-16,28,39,45,48,51-53,55-60,62-63,65-68,70-72,80-81,84-86H,5-6,17-21,23-25,27,29-38,40-44H2,1H3/t48-,51+,52+,53-,55-,56+,57+,58+,59+,60+,62+,63+,65-,66-,67+,68+,70+,71-,72+,74-,75-,76-,77-,78+,79-/m0/s1. The number of aldehydes is 1. The normalized spacial score (nSPS) is 49.2. The summed E-state index contributed by atoms with van der Waals surface area (Å²) < 4.78 is 14.8. The molecule has 1 saturated heterocycles. The molecule has 464 valence electrons. The number of hydrogen-bond acceptors (Lipinski definition) is 9. The SMILES string of the molecule is CN[C@@H]1Cc2c(cccc2CO)C#CC2(CCCC2)C[C@]23CC[C@H]4[C@@](O)(C[C@H]5C[C@H]6[C@@H]7CC=C[C@@H]6C[C@H]6[C@H]8O[C@H](Cc9cccc(c9)C[C@@H]9CC[C@H]7C9)C[C@H]7C[C@@H]9C[C@H](c%10ccccc%10)CC[C@@H]9[C@]78C[C@@]4(C=O)[C@]56O)[C@@]2(O)C[C@H]2C[C@H]1[C@@H]1OC(=O)C=C1[C@@H]23. The van der Waals surface area contributed by atoms with Crippen LogP contribution in [0.15, 0.2) is 96.6 Å². The number of fused-ring (bicyclic) bond motifs is 11. The van der Waals surface area contributed by atoms with E-state index >= 15 is 20.1 Å². The first-order valence-corrected chi connectivity index (χ1v) is 35.7. The highest BCUT2D eigenvalue weighted by molar-refractivity contribution is 5.86. The molecule has 3 aliphatic heterocycles. The van der Waals surface area contributed by atoms with Crippen LogP contribution in [0.4, 0.5) is 0 Å². The molecule has 0 amide bonds. The van der Waals surface area contributed by atoms with Crippen LogP contribution < -0.4 is 5.32 Å². The van der Waals surface area contributed by atoms with Crippen LogP contribution >= 0.6 is 0 Å². The van der Waals surface area contributed by atoms with Crippen LogP contribution in [0.5, 0.6) is 0 Å². The minimum Gasteiger partial charge on any atom is -0.454 e. The van der Waals surface area contributed by atoms with Crippen molar-refractivity contribution in [3.05, 3.63) is 130 Å². The van der Waals surface area contributed by atoms with E-state index in [0.717, 1.165) is 112 Å². The Morgan fingerprint density at radius 2 is 1.59 bits per heavy atom. The van der Waals surface area contributed by atoms with E-state index in [2.05, 4.69) is 90.0 Å². The highest BCUT2D eigenvalue weighted by atomic mass is 16.5. The van der Waals surface area contributed by atoms with Crippen molar-refractivity contribution in [3.63, 3.8) is 0 Å². The molecule has 11 fully saturated rings.